The van der Waals surface area contributed by atoms with Crippen LogP contribution in [0.4, 0.5) is 0 Å². The largest absolute Gasteiger partial charge is 0.395 e. The fourth-order valence-electron chi connectivity index (χ4n) is 3.39. The number of hydrogen-bond acceptors (Lipinski definition) is 3. The van der Waals surface area contributed by atoms with Gasteiger partial charge in [0.05, 0.1) is 17.8 Å². The Kier molecular flexibility index (Phi) is 4.03. The minimum absolute atomic E-state index is 0.223. The van der Waals surface area contributed by atoms with Crippen molar-refractivity contribution in [2.24, 2.45) is 7.05 Å². The Morgan fingerprint density at radius 1 is 1.30 bits per heavy atom. The summed E-state index contributed by atoms with van der Waals surface area (Å²) in [6.07, 6.45) is 5.14. The molecule has 0 aliphatic heterocycles. The second kappa shape index (κ2) is 5.94. The Labute approximate surface area is 120 Å². The van der Waals surface area contributed by atoms with Crippen LogP contribution in [0.5, 0.6) is 0 Å². The first-order valence-corrected chi connectivity index (χ1v) is 7.55. The SMILES string of the molecule is Cn1nc(CN(CCO)C2CCCC2)c2ccccc21. The summed E-state index contributed by atoms with van der Waals surface area (Å²) in [5, 5.41) is 15.2. The summed E-state index contributed by atoms with van der Waals surface area (Å²) in [7, 11) is 2.00. The third-order valence-electron chi connectivity index (χ3n) is 4.42. The maximum atomic E-state index is 9.33. The van der Waals surface area contributed by atoms with Crippen molar-refractivity contribution in [3.63, 3.8) is 0 Å². The van der Waals surface area contributed by atoms with E-state index in [9.17, 15) is 5.11 Å². The van der Waals surface area contributed by atoms with Gasteiger partial charge in [-0.25, -0.2) is 0 Å². The van der Waals surface area contributed by atoms with E-state index in [1.807, 2.05) is 11.7 Å². The van der Waals surface area contributed by atoms with Gasteiger partial charge < -0.3 is 5.11 Å². The molecule has 2 aromatic rings. The summed E-state index contributed by atoms with van der Waals surface area (Å²) >= 11 is 0. The molecule has 1 aromatic carbocycles. The van der Waals surface area contributed by atoms with Crippen molar-refractivity contribution in [2.45, 2.75) is 38.3 Å². The second-order valence-corrected chi connectivity index (χ2v) is 5.72. The van der Waals surface area contributed by atoms with Gasteiger partial charge in [-0.1, -0.05) is 31.0 Å². The van der Waals surface area contributed by atoms with Crippen LogP contribution in [0.3, 0.4) is 0 Å². The maximum Gasteiger partial charge on any atom is 0.0843 e. The van der Waals surface area contributed by atoms with E-state index in [0.717, 1.165) is 18.8 Å². The molecule has 0 atom stereocenters. The van der Waals surface area contributed by atoms with E-state index in [0.29, 0.717) is 6.04 Å². The van der Waals surface area contributed by atoms with Gasteiger partial charge in [-0.3, -0.25) is 9.58 Å². The van der Waals surface area contributed by atoms with Crippen LogP contribution in [0.1, 0.15) is 31.4 Å². The smallest absolute Gasteiger partial charge is 0.0843 e. The van der Waals surface area contributed by atoms with Crippen molar-refractivity contribution in [1.82, 2.24) is 14.7 Å². The zero-order valence-electron chi connectivity index (χ0n) is 12.1. The number of aromatic nitrogens is 2. The van der Waals surface area contributed by atoms with Gasteiger partial charge >= 0.3 is 0 Å². The van der Waals surface area contributed by atoms with Crippen molar-refractivity contribution in [3.8, 4) is 0 Å². The predicted molar refractivity (Wildman–Crippen MR) is 80.5 cm³/mol. The highest BCUT2D eigenvalue weighted by Gasteiger charge is 2.23. The minimum atomic E-state index is 0.223. The molecule has 4 nitrogen and oxygen atoms in total. The van der Waals surface area contributed by atoms with Crippen LogP contribution in [-0.2, 0) is 13.6 Å². The highest BCUT2D eigenvalue weighted by atomic mass is 16.3. The van der Waals surface area contributed by atoms with Crippen molar-refractivity contribution < 1.29 is 5.11 Å². The molecule has 0 amide bonds. The molecule has 0 unspecified atom stereocenters. The van der Waals surface area contributed by atoms with E-state index >= 15 is 0 Å². The van der Waals surface area contributed by atoms with Crippen LogP contribution in [0.25, 0.3) is 10.9 Å². The van der Waals surface area contributed by atoms with Crippen molar-refractivity contribution in [3.05, 3.63) is 30.0 Å². The molecular weight excluding hydrogens is 250 g/mol. The highest BCUT2D eigenvalue weighted by molar-refractivity contribution is 5.81. The number of benzene rings is 1. The lowest BCUT2D eigenvalue weighted by Gasteiger charge is -2.27. The van der Waals surface area contributed by atoms with Crippen LogP contribution < -0.4 is 0 Å². The van der Waals surface area contributed by atoms with Gasteiger partial charge in [0.2, 0.25) is 0 Å². The van der Waals surface area contributed by atoms with E-state index in [4.69, 9.17) is 0 Å². The molecule has 4 heteroatoms. The topological polar surface area (TPSA) is 41.3 Å². The van der Waals surface area contributed by atoms with Crippen LogP contribution >= 0.6 is 0 Å². The fourth-order valence-corrected chi connectivity index (χ4v) is 3.39. The summed E-state index contributed by atoms with van der Waals surface area (Å²) in [5.74, 6) is 0. The molecule has 3 rings (SSSR count). The second-order valence-electron chi connectivity index (χ2n) is 5.72. The molecule has 1 aromatic heterocycles. The van der Waals surface area contributed by atoms with Crippen molar-refractivity contribution in [2.75, 3.05) is 13.2 Å². The number of hydrogen-bond donors (Lipinski definition) is 1. The number of para-hydroxylation sites is 1. The van der Waals surface area contributed by atoms with Gasteiger partial charge in [-0.05, 0) is 18.9 Å². The molecule has 1 saturated carbocycles. The number of fused-ring (bicyclic) bond motifs is 1. The average molecular weight is 273 g/mol. The fraction of sp³-hybridized carbons (Fsp3) is 0.562. The highest BCUT2D eigenvalue weighted by Crippen LogP contribution is 2.26. The molecule has 1 fully saturated rings. The average Bonchev–Trinajstić information content (AvgIpc) is 3.08. The quantitative estimate of drug-likeness (QED) is 0.909. The van der Waals surface area contributed by atoms with E-state index < -0.39 is 0 Å². The Morgan fingerprint density at radius 2 is 2.05 bits per heavy atom. The number of aliphatic hydroxyl groups excluding tert-OH is 1. The van der Waals surface area contributed by atoms with Gasteiger partial charge in [0, 0.05) is 31.6 Å². The molecule has 1 aliphatic carbocycles. The number of aryl methyl sites for hydroxylation is 1. The van der Waals surface area contributed by atoms with E-state index in [1.54, 1.807) is 0 Å². The number of aliphatic hydroxyl groups is 1. The van der Waals surface area contributed by atoms with Crippen molar-refractivity contribution >= 4 is 10.9 Å². The Balaban J connectivity index is 1.86. The first-order valence-electron chi connectivity index (χ1n) is 7.55. The van der Waals surface area contributed by atoms with Gasteiger partial charge in [-0.15, -0.1) is 0 Å². The first kappa shape index (κ1) is 13.6. The summed E-state index contributed by atoms with van der Waals surface area (Å²) in [4.78, 5) is 2.40. The normalized spacial score (nSPS) is 16.6. The predicted octanol–water partition coefficient (Wildman–Crippen LogP) is 2.31. The molecule has 20 heavy (non-hydrogen) atoms. The summed E-state index contributed by atoms with van der Waals surface area (Å²) < 4.78 is 1.95. The Bertz CT molecular complexity index is 572. The molecule has 1 aliphatic rings. The Hall–Kier alpha value is -1.39. The van der Waals surface area contributed by atoms with Gasteiger partial charge in [0.15, 0.2) is 0 Å². The van der Waals surface area contributed by atoms with Crippen LogP contribution in [0, 0.1) is 0 Å². The molecule has 108 valence electrons. The maximum absolute atomic E-state index is 9.33. The summed E-state index contributed by atoms with van der Waals surface area (Å²) in [6.45, 7) is 1.81. The third-order valence-corrected chi connectivity index (χ3v) is 4.42. The number of rotatable bonds is 5. The first-order chi connectivity index (χ1) is 9.79. The standard InChI is InChI=1S/C16H23N3O/c1-18-16-9-5-4-8-14(16)15(17-18)12-19(10-11-20)13-6-2-3-7-13/h4-5,8-9,13,20H,2-3,6-7,10-12H2,1H3. The lowest BCUT2D eigenvalue weighted by Crippen LogP contribution is -2.35. The summed E-state index contributed by atoms with van der Waals surface area (Å²) in [6, 6.07) is 8.99. The van der Waals surface area contributed by atoms with Crippen LogP contribution in [-0.4, -0.2) is 39.0 Å². The lowest BCUT2D eigenvalue weighted by molar-refractivity contribution is 0.143. The minimum Gasteiger partial charge on any atom is -0.395 e. The van der Waals surface area contributed by atoms with Gasteiger partial charge in [-0.2, -0.15) is 5.10 Å². The molecule has 0 spiro atoms. The molecular formula is C16H23N3O. The third kappa shape index (κ3) is 2.58. The molecule has 0 saturated heterocycles. The zero-order chi connectivity index (χ0) is 13.9. The molecule has 1 N–H and O–H groups in total. The van der Waals surface area contributed by atoms with Crippen molar-refractivity contribution in [1.29, 1.82) is 0 Å². The van der Waals surface area contributed by atoms with E-state index in [-0.39, 0.29) is 6.61 Å². The van der Waals surface area contributed by atoms with Gasteiger partial charge in [0.1, 0.15) is 0 Å². The zero-order valence-corrected chi connectivity index (χ0v) is 12.1. The monoisotopic (exact) mass is 273 g/mol. The van der Waals surface area contributed by atoms with Gasteiger partial charge in [0.25, 0.3) is 0 Å². The van der Waals surface area contributed by atoms with Crippen LogP contribution in [0.15, 0.2) is 24.3 Å². The lowest BCUT2D eigenvalue weighted by atomic mass is 10.1. The summed E-state index contributed by atoms with van der Waals surface area (Å²) in [5.41, 5.74) is 2.31. The Morgan fingerprint density at radius 3 is 2.80 bits per heavy atom. The molecule has 1 heterocycles. The number of nitrogens with zero attached hydrogens (tertiary/aromatic N) is 3. The molecule has 0 radical (unpaired) electrons. The molecule has 0 bridgehead atoms. The van der Waals surface area contributed by atoms with E-state index in [1.165, 1.54) is 36.6 Å². The van der Waals surface area contributed by atoms with Crippen LogP contribution in [0.2, 0.25) is 0 Å². The van der Waals surface area contributed by atoms with E-state index in [2.05, 4.69) is 34.3 Å².